The van der Waals surface area contributed by atoms with Crippen molar-refractivity contribution in [2.75, 3.05) is 6.61 Å². The van der Waals surface area contributed by atoms with E-state index >= 15 is 0 Å². The molecule has 120 valence electrons. The van der Waals surface area contributed by atoms with Crippen LogP contribution in [0.15, 0.2) is 36.5 Å². The molecule has 3 nitrogen and oxygen atoms in total. The highest BCUT2D eigenvalue weighted by molar-refractivity contribution is 5.80. The lowest BCUT2D eigenvalue weighted by atomic mass is 10.1. The molecule has 2 N–H and O–H groups in total. The maximum atomic E-state index is 10.2. The van der Waals surface area contributed by atoms with Crippen LogP contribution in [-0.2, 0) is 4.79 Å². The molecule has 0 aromatic rings. The number of carboxylic acids is 1. The number of aliphatic hydroxyl groups is 1. The molecular formula is C18H30O3. The number of hydrogen-bond donors (Lipinski definition) is 2. The van der Waals surface area contributed by atoms with Crippen LogP contribution in [0.1, 0.15) is 64.2 Å². The van der Waals surface area contributed by atoms with Crippen molar-refractivity contribution in [1.82, 2.24) is 0 Å². The molecule has 3 heteroatoms. The molecule has 0 aliphatic rings. The molecule has 0 amide bonds. The number of carboxylic acid groups (broad SMARTS) is 1. The summed E-state index contributed by atoms with van der Waals surface area (Å²) in [7, 11) is 0. The third kappa shape index (κ3) is 18.6. The Bertz CT molecular complexity index is 316. The Balaban J connectivity index is 3.23. The molecule has 0 saturated carbocycles. The van der Waals surface area contributed by atoms with Crippen molar-refractivity contribution in [3.8, 4) is 0 Å². The molecule has 0 heterocycles. The van der Waals surface area contributed by atoms with Gasteiger partial charge < -0.3 is 10.2 Å². The van der Waals surface area contributed by atoms with E-state index in [4.69, 9.17) is 10.2 Å². The average Bonchev–Trinajstić information content (AvgIpc) is 2.46. The summed E-state index contributed by atoms with van der Waals surface area (Å²) >= 11 is 0. The topological polar surface area (TPSA) is 57.5 Å². The van der Waals surface area contributed by atoms with E-state index in [1.807, 2.05) is 12.2 Å². The Morgan fingerprint density at radius 2 is 1.24 bits per heavy atom. The summed E-state index contributed by atoms with van der Waals surface area (Å²) in [5.74, 6) is -0.919. The number of aliphatic hydroxyl groups excluding tert-OH is 1. The lowest BCUT2D eigenvalue weighted by Gasteiger charge is -2.00. The minimum atomic E-state index is -0.919. The fourth-order valence-electron chi connectivity index (χ4n) is 2.05. The van der Waals surface area contributed by atoms with Gasteiger partial charge in [0.2, 0.25) is 0 Å². The number of hydrogen-bond acceptors (Lipinski definition) is 2. The summed E-state index contributed by atoms with van der Waals surface area (Å²) in [6.45, 7) is 0.332. The van der Waals surface area contributed by atoms with E-state index in [2.05, 4.69) is 6.08 Å². The van der Waals surface area contributed by atoms with Crippen LogP contribution in [0.3, 0.4) is 0 Å². The molecule has 0 spiro atoms. The van der Waals surface area contributed by atoms with Crippen LogP contribution in [0.25, 0.3) is 0 Å². The summed E-state index contributed by atoms with van der Waals surface area (Å²) in [6.07, 6.45) is 22.5. The quantitative estimate of drug-likeness (QED) is 0.279. The van der Waals surface area contributed by atoms with Gasteiger partial charge in [-0.1, -0.05) is 75.3 Å². The third-order valence-electron chi connectivity index (χ3n) is 3.24. The normalized spacial score (nSPS) is 12.0. The number of unbranched alkanes of at least 4 members (excludes halogenated alkanes) is 9. The second-order valence-corrected chi connectivity index (χ2v) is 5.20. The Morgan fingerprint density at radius 1 is 0.714 bits per heavy atom. The molecule has 0 rings (SSSR count). The highest BCUT2D eigenvalue weighted by Crippen LogP contribution is 2.10. The van der Waals surface area contributed by atoms with Crippen molar-refractivity contribution in [3.05, 3.63) is 36.5 Å². The van der Waals surface area contributed by atoms with Gasteiger partial charge in [-0.3, -0.25) is 0 Å². The van der Waals surface area contributed by atoms with Crippen LogP contribution in [0.5, 0.6) is 0 Å². The van der Waals surface area contributed by atoms with Gasteiger partial charge in [0, 0.05) is 12.7 Å². The monoisotopic (exact) mass is 294 g/mol. The van der Waals surface area contributed by atoms with Gasteiger partial charge in [0.05, 0.1) is 0 Å². The van der Waals surface area contributed by atoms with Crippen LogP contribution in [0, 0.1) is 0 Å². The fourth-order valence-corrected chi connectivity index (χ4v) is 2.05. The van der Waals surface area contributed by atoms with Crippen LogP contribution < -0.4 is 0 Å². The van der Waals surface area contributed by atoms with Crippen LogP contribution >= 0.6 is 0 Å². The molecule has 0 aliphatic heterocycles. The molecule has 0 atom stereocenters. The third-order valence-corrected chi connectivity index (χ3v) is 3.24. The molecular weight excluding hydrogens is 264 g/mol. The number of carbonyl (C=O) groups is 1. The lowest BCUT2D eigenvalue weighted by molar-refractivity contribution is -0.131. The van der Waals surface area contributed by atoms with Crippen LogP contribution in [0.4, 0.5) is 0 Å². The highest BCUT2D eigenvalue weighted by Gasteiger charge is 1.91. The minimum absolute atomic E-state index is 0.332. The fraction of sp³-hybridized carbons (Fsp3) is 0.611. The van der Waals surface area contributed by atoms with Gasteiger partial charge in [0.1, 0.15) is 0 Å². The summed E-state index contributed by atoms with van der Waals surface area (Å²) in [4.78, 5) is 10.2. The molecule has 0 aliphatic carbocycles. The molecule has 0 saturated heterocycles. The van der Waals surface area contributed by atoms with Gasteiger partial charge in [0.25, 0.3) is 0 Å². The van der Waals surface area contributed by atoms with Gasteiger partial charge in [-0.25, -0.2) is 4.79 Å². The second-order valence-electron chi connectivity index (χ2n) is 5.20. The zero-order valence-electron chi connectivity index (χ0n) is 13.0. The second kappa shape index (κ2) is 16.7. The summed E-state index contributed by atoms with van der Waals surface area (Å²) in [5.41, 5.74) is 0. The zero-order valence-corrected chi connectivity index (χ0v) is 13.0. The smallest absolute Gasteiger partial charge is 0.328 e. The predicted octanol–water partition coefficient (Wildman–Crippen LogP) is 4.63. The van der Waals surface area contributed by atoms with Gasteiger partial charge in [-0.15, -0.1) is 0 Å². The molecule has 0 radical (unpaired) electrons. The Hall–Kier alpha value is -1.35. The highest BCUT2D eigenvalue weighted by atomic mass is 16.4. The van der Waals surface area contributed by atoms with E-state index in [0.717, 1.165) is 25.3 Å². The Kier molecular flexibility index (Phi) is 15.6. The van der Waals surface area contributed by atoms with Crippen LogP contribution in [-0.4, -0.2) is 22.8 Å². The zero-order chi connectivity index (χ0) is 15.6. The maximum absolute atomic E-state index is 10.2. The van der Waals surface area contributed by atoms with Gasteiger partial charge in [-0.05, 0) is 19.3 Å². The first-order valence-electron chi connectivity index (χ1n) is 8.11. The molecule has 0 aromatic carbocycles. The summed E-state index contributed by atoms with van der Waals surface area (Å²) in [5, 5.41) is 17.0. The molecule has 0 unspecified atom stereocenters. The van der Waals surface area contributed by atoms with E-state index in [9.17, 15) is 4.79 Å². The lowest BCUT2D eigenvalue weighted by Crippen LogP contribution is -1.84. The van der Waals surface area contributed by atoms with E-state index in [-0.39, 0.29) is 0 Å². The van der Waals surface area contributed by atoms with E-state index in [1.54, 1.807) is 6.08 Å². The van der Waals surface area contributed by atoms with E-state index in [0.29, 0.717) is 6.61 Å². The van der Waals surface area contributed by atoms with E-state index < -0.39 is 5.97 Å². The minimum Gasteiger partial charge on any atom is -0.478 e. The number of rotatable bonds is 14. The first-order valence-corrected chi connectivity index (χ1v) is 8.11. The number of allylic oxidation sites excluding steroid dienone is 5. The standard InChI is InChI=1S/C18H30O3/c19-17-15-13-11-9-7-5-3-1-2-4-6-8-10-12-14-16-18(20)21/h6,8,10,12,14,16,19H,1-5,7,9,11,13,15,17H2,(H,20,21). The van der Waals surface area contributed by atoms with Crippen molar-refractivity contribution < 1.29 is 15.0 Å². The van der Waals surface area contributed by atoms with Crippen molar-refractivity contribution >= 4 is 5.97 Å². The Labute approximate surface area is 129 Å². The van der Waals surface area contributed by atoms with Crippen molar-refractivity contribution in [3.63, 3.8) is 0 Å². The largest absolute Gasteiger partial charge is 0.478 e. The Morgan fingerprint density at radius 3 is 1.81 bits per heavy atom. The first kappa shape index (κ1) is 19.7. The number of aliphatic carboxylic acids is 1. The van der Waals surface area contributed by atoms with Crippen molar-refractivity contribution in [1.29, 1.82) is 0 Å². The first-order chi connectivity index (χ1) is 10.3. The molecule has 0 bridgehead atoms. The van der Waals surface area contributed by atoms with Gasteiger partial charge in [-0.2, -0.15) is 0 Å². The molecule has 21 heavy (non-hydrogen) atoms. The molecule has 0 aromatic heterocycles. The van der Waals surface area contributed by atoms with Gasteiger partial charge in [0.15, 0.2) is 0 Å². The van der Waals surface area contributed by atoms with Crippen LogP contribution in [0.2, 0.25) is 0 Å². The summed E-state index contributed by atoms with van der Waals surface area (Å²) < 4.78 is 0. The SMILES string of the molecule is O=C(O)C=CC=CC=CCCCCCCCCCCCO. The van der Waals surface area contributed by atoms with Crippen molar-refractivity contribution in [2.45, 2.75) is 64.2 Å². The van der Waals surface area contributed by atoms with Crippen molar-refractivity contribution in [2.24, 2.45) is 0 Å². The average molecular weight is 294 g/mol. The van der Waals surface area contributed by atoms with E-state index in [1.165, 1.54) is 51.0 Å². The predicted molar refractivity (Wildman–Crippen MR) is 88.3 cm³/mol. The molecule has 0 fully saturated rings. The van der Waals surface area contributed by atoms with Gasteiger partial charge >= 0.3 is 5.97 Å². The summed E-state index contributed by atoms with van der Waals surface area (Å²) in [6, 6.07) is 0. The maximum Gasteiger partial charge on any atom is 0.328 e.